The van der Waals surface area contributed by atoms with Crippen LogP contribution in [-0.4, -0.2) is 66.5 Å². The number of phosphoric acid groups is 1. The zero-order valence-corrected chi connectivity index (χ0v) is 46.3. The number of phosphoric ester groups is 1. The molecule has 72 heavy (non-hydrogen) atoms. The second-order valence-electron chi connectivity index (χ2n) is 18.3. The van der Waals surface area contributed by atoms with Crippen LogP contribution in [0.3, 0.4) is 0 Å². The lowest BCUT2D eigenvalue weighted by atomic mass is 10.1. The molecule has 0 aromatic rings. The van der Waals surface area contributed by atoms with Crippen LogP contribution in [-0.2, 0) is 42.2 Å². The normalized spacial score (nSPS) is 14.1. The van der Waals surface area contributed by atoms with Gasteiger partial charge in [-0.2, -0.15) is 0 Å². The molecule has 0 aliphatic heterocycles. The molecule has 11 nitrogen and oxygen atoms in total. The number of aliphatic hydroxyl groups is 1. The van der Waals surface area contributed by atoms with Gasteiger partial charge in [-0.15, -0.1) is 0 Å². The Labute approximate surface area is 438 Å². The third-order valence-corrected chi connectivity index (χ3v) is 12.5. The molecule has 0 bridgehead atoms. The molecule has 412 valence electrons. The average molecular weight is 1030 g/mol. The zero-order valence-electron chi connectivity index (χ0n) is 45.4. The maximum atomic E-state index is 12.9. The van der Waals surface area contributed by atoms with Crippen LogP contribution in [0, 0.1) is 0 Å². The summed E-state index contributed by atoms with van der Waals surface area (Å²) in [5.41, 5.74) is 0. The molecule has 3 atom stereocenters. The first kappa shape index (κ1) is 68.4. The van der Waals surface area contributed by atoms with E-state index in [9.17, 15) is 28.9 Å². The van der Waals surface area contributed by atoms with Crippen LogP contribution in [0.15, 0.2) is 97.2 Å². The lowest BCUT2D eigenvalue weighted by Crippen LogP contribution is -2.30. The number of unbranched alkanes of at least 4 members (excludes halogenated alkanes) is 18. The first-order valence-corrected chi connectivity index (χ1v) is 29.6. The second kappa shape index (κ2) is 53.7. The Kier molecular flexibility index (Phi) is 51.0. The minimum absolute atomic E-state index is 0.139. The summed E-state index contributed by atoms with van der Waals surface area (Å²) in [7, 11) is -4.76. The van der Waals surface area contributed by atoms with E-state index in [1.54, 1.807) is 0 Å². The summed E-state index contributed by atoms with van der Waals surface area (Å²) in [5.74, 6) is -1.54. The largest absolute Gasteiger partial charge is 0.472 e. The van der Waals surface area contributed by atoms with Crippen LogP contribution in [0.4, 0.5) is 0 Å². The molecule has 0 amide bonds. The van der Waals surface area contributed by atoms with Crippen molar-refractivity contribution in [2.24, 2.45) is 0 Å². The van der Waals surface area contributed by atoms with Gasteiger partial charge >= 0.3 is 25.7 Å². The highest BCUT2D eigenvalue weighted by atomic mass is 31.2. The molecule has 0 saturated carbocycles. The topological polar surface area (TPSA) is 155 Å². The van der Waals surface area contributed by atoms with E-state index in [4.69, 9.17) is 23.3 Å². The maximum Gasteiger partial charge on any atom is 0.472 e. The summed E-state index contributed by atoms with van der Waals surface area (Å²) < 4.78 is 39.4. The molecular weight excluding hydrogens is 928 g/mol. The van der Waals surface area contributed by atoms with Crippen LogP contribution in [0.1, 0.15) is 226 Å². The van der Waals surface area contributed by atoms with Crippen LogP contribution >= 0.6 is 7.82 Å². The second-order valence-corrected chi connectivity index (χ2v) is 19.8. The number of ether oxygens (including phenoxy) is 3. The van der Waals surface area contributed by atoms with Crippen molar-refractivity contribution in [3.05, 3.63) is 97.2 Å². The molecule has 12 heteroatoms. The third-order valence-electron chi connectivity index (χ3n) is 11.5. The highest BCUT2D eigenvalue weighted by Crippen LogP contribution is 2.43. The van der Waals surface area contributed by atoms with Gasteiger partial charge in [-0.25, -0.2) is 4.57 Å². The smallest absolute Gasteiger partial charge is 0.462 e. The van der Waals surface area contributed by atoms with E-state index in [1.807, 2.05) is 0 Å². The monoisotopic (exact) mass is 1030 g/mol. The minimum atomic E-state index is -4.76. The summed E-state index contributed by atoms with van der Waals surface area (Å²) in [5, 5.41) is 9.79. The predicted molar refractivity (Wildman–Crippen MR) is 297 cm³/mol. The number of carbonyl (C=O) groups is 3. The van der Waals surface area contributed by atoms with Crippen LogP contribution < -0.4 is 0 Å². The molecule has 2 N–H and O–H groups in total. The van der Waals surface area contributed by atoms with Gasteiger partial charge in [0.1, 0.15) is 12.7 Å². The Morgan fingerprint density at radius 1 is 0.403 bits per heavy atom. The zero-order chi connectivity index (χ0) is 52.7. The number of allylic oxidation sites excluding steroid dienone is 16. The Morgan fingerprint density at radius 3 is 1.14 bits per heavy atom. The van der Waals surface area contributed by atoms with E-state index in [0.717, 1.165) is 122 Å². The van der Waals surface area contributed by atoms with Crippen molar-refractivity contribution < 1.29 is 52.2 Å². The molecule has 0 radical (unpaired) electrons. The van der Waals surface area contributed by atoms with Gasteiger partial charge in [0, 0.05) is 19.3 Å². The number of hydrogen-bond donors (Lipinski definition) is 2. The first-order chi connectivity index (χ1) is 35.2. The Bertz CT molecular complexity index is 1580. The average Bonchev–Trinajstić information content (AvgIpc) is 3.37. The van der Waals surface area contributed by atoms with Gasteiger partial charge in [-0.3, -0.25) is 23.4 Å². The molecule has 0 rings (SSSR count). The van der Waals surface area contributed by atoms with Crippen molar-refractivity contribution in [3.63, 3.8) is 0 Å². The Balaban J connectivity index is 4.82. The fraction of sp³-hybridized carbons (Fsp3) is 0.683. The number of esters is 3. The van der Waals surface area contributed by atoms with Gasteiger partial charge in [0.25, 0.3) is 0 Å². The van der Waals surface area contributed by atoms with Crippen molar-refractivity contribution in [2.45, 2.75) is 238 Å². The third kappa shape index (κ3) is 51.3. The van der Waals surface area contributed by atoms with Gasteiger partial charge in [-0.1, -0.05) is 208 Å². The number of rotatable bonds is 51. The van der Waals surface area contributed by atoms with Crippen molar-refractivity contribution in [1.29, 1.82) is 0 Å². The van der Waals surface area contributed by atoms with Gasteiger partial charge in [0.15, 0.2) is 6.10 Å². The summed E-state index contributed by atoms with van der Waals surface area (Å²) in [6.07, 6.45) is 62.3. The quantitative estimate of drug-likeness (QED) is 0.0197. The standard InChI is InChI=1S/C60H101O11P/c1-4-7-10-13-16-19-22-24-26-27-28-29-31-33-36-39-42-45-48-51-60(64)71-57(53-67-58(62)49-46-43-40-37-35-32-30-25-23-20-17-14-11-8-5-2)55-69-72(65,66)68-54-56(52-61)70-59(63)50-47-44-41-38-34-21-18-15-12-9-6-3/h7-8,10-11,16-17,19-20,24-26,28-30,35,37,56-57,61H,4-6,9,12-15,18,21-23,27,31-34,36,38-55H2,1-3H3,(H,65,66)/b10-7-,11-8-,19-16-,20-17-,26-24-,29-28-,30-25-,37-35-. The van der Waals surface area contributed by atoms with Gasteiger partial charge in [0.05, 0.1) is 19.8 Å². The lowest BCUT2D eigenvalue weighted by Gasteiger charge is -2.21. The van der Waals surface area contributed by atoms with Gasteiger partial charge in [0.2, 0.25) is 0 Å². The molecular formula is C60H101O11P. The molecule has 0 heterocycles. The number of aliphatic hydroxyl groups excluding tert-OH is 1. The highest BCUT2D eigenvalue weighted by Gasteiger charge is 2.28. The van der Waals surface area contributed by atoms with E-state index in [1.165, 1.54) is 44.9 Å². The molecule has 0 aliphatic carbocycles. The van der Waals surface area contributed by atoms with Crippen molar-refractivity contribution in [3.8, 4) is 0 Å². The molecule has 0 aromatic heterocycles. The fourth-order valence-corrected chi connectivity index (χ4v) is 8.06. The molecule has 3 unspecified atom stereocenters. The van der Waals surface area contributed by atoms with E-state index >= 15 is 0 Å². The van der Waals surface area contributed by atoms with Gasteiger partial charge in [-0.05, 0) is 96.3 Å². The lowest BCUT2D eigenvalue weighted by molar-refractivity contribution is -0.161. The SMILES string of the molecule is CC/C=C\C/C=C\C/C=C\C/C=C\CCCCCCCCC(=O)OC(COC(=O)CCCC/C=C\C/C=C\C/C=C\C/C=C\CC)COP(=O)(O)OCC(CO)OC(=O)CCCCCCCCCCCCC. The minimum Gasteiger partial charge on any atom is -0.462 e. The maximum absolute atomic E-state index is 12.9. The molecule has 0 aromatic carbocycles. The van der Waals surface area contributed by atoms with Crippen LogP contribution in [0.5, 0.6) is 0 Å². The van der Waals surface area contributed by atoms with Crippen molar-refractivity contribution in [1.82, 2.24) is 0 Å². The van der Waals surface area contributed by atoms with Crippen LogP contribution in [0.2, 0.25) is 0 Å². The Hall–Kier alpha value is -3.60. The number of carbonyl (C=O) groups excluding carboxylic acids is 3. The summed E-state index contributed by atoms with van der Waals surface area (Å²) >= 11 is 0. The molecule has 0 fully saturated rings. The van der Waals surface area contributed by atoms with E-state index < -0.39 is 57.8 Å². The molecule has 0 spiro atoms. The molecule has 0 aliphatic rings. The Morgan fingerprint density at radius 2 is 0.722 bits per heavy atom. The van der Waals surface area contributed by atoms with Gasteiger partial charge < -0.3 is 24.2 Å². The summed E-state index contributed by atoms with van der Waals surface area (Å²) in [6, 6.07) is 0. The molecule has 0 saturated heterocycles. The van der Waals surface area contributed by atoms with E-state index in [0.29, 0.717) is 19.3 Å². The highest BCUT2D eigenvalue weighted by molar-refractivity contribution is 7.47. The summed E-state index contributed by atoms with van der Waals surface area (Å²) in [4.78, 5) is 48.4. The summed E-state index contributed by atoms with van der Waals surface area (Å²) in [6.45, 7) is 4.34. The van der Waals surface area contributed by atoms with Crippen LogP contribution in [0.25, 0.3) is 0 Å². The predicted octanol–water partition coefficient (Wildman–Crippen LogP) is 16.5. The van der Waals surface area contributed by atoms with E-state index in [-0.39, 0.29) is 25.9 Å². The van der Waals surface area contributed by atoms with E-state index in [2.05, 4.69) is 118 Å². The van der Waals surface area contributed by atoms with Crippen molar-refractivity contribution >= 4 is 25.7 Å². The fourth-order valence-electron chi connectivity index (χ4n) is 7.28. The first-order valence-electron chi connectivity index (χ1n) is 28.1. The van der Waals surface area contributed by atoms with Crippen molar-refractivity contribution in [2.75, 3.05) is 26.4 Å². The number of hydrogen-bond acceptors (Lipinski definition) is 10.